The van der Waals surface area contributed by atoms with Crippen LogP contribution in [0.15, 0.2) is 42.6 Å². The molecule has 1 aromatic heterocycles. The van der Waals surface area contributed by atoms with E-state index >= 15 is 0 Å². The molecule has 138 valence electrons. The molecule has 1 unspecified atom stereocenters. The number of aromatic nitrogens is 1. The predicted octanol–water partition coefficient (Wildman–Crippen LogP) is 2.22. The molecule has 0 aliphatic carbocycles. The minimum absolute atomic E-state index is 0.287. The van der Waals surface area contributed by atoms with Crippen LogP contribution >= 0.6 is 11.6 Å². The molecule has 0 radical (unpaired) electrons. The van der Waals surface area contributed by atoms with Crippen molar-refractivity contribution in [2.24, 2.45) is 5.84 Å². The Morgan fingerprint density at radius 3 is 2.65 bits per heavy atom. The van der Waals surface area contributed by atoms with E-state index in [1.165, 1.54) is 5.56 Å². The number of nitrogens with two attached hydrogens (primary N) is 1. The SMILES string of the molecule is CCN1CCN(Cc2ccc(C(=O)NN)cn2)C(c2ccc(Cl)cc2)C1. The van der Waals surface area contributed by atoms with Crippen LogP contribution in [0.1, 0.15) is 34.6 Å². The van der Waals surface area contributed by atoms with Gasteiger partial charge in [0, 0.05) is 43.4 Å². The zero-order valence-electron chi connectivity index (χ0n) is 14.9. The van der Waals surface area contributed by atoms with Crippen LogP contribution < -0.4 is 11.3 Å². The van der Waals surface area contributed by atoms with E-state index in [0.717, 1.165) is 43.4 Å². The molecule has 0 saturated carbocycles. The van der Waals surface area contributed by atoms with Gasteiger partial charge in [-0.2, -0.15) is 0 Å². The fourth-order valence-corrected chi connectivity index (χ4v) is 3.42. The third-order valence-corrected chi connectivity index (χ3v) is 5.11. The molecule has 1 saturated heterocycles. The number of carbonyl (C=O) groups excluding carboxylic acids is 1. The molecular formula is C19H24ClN5O. The predicted molar refractivity (Wildman–Crippen MR) is 103 cm³/mol. The molecule has 1 aromatic carbocycles. The van der Waals surface area contributed by atoms with Gasteiger partial charge in [-0.3, -0.25) is 20.1 Å². The highest BCUT2D eigenvalue weighted by molar-refractivity contribution is 6.30. The molecule has 2 aromatic rings. The Morgan fingerprint density at radius 2 is 2.04 bits per heavy atom. The number of nitrogen functional groups attached to an aromatic ring is 1. The summed E-state index contributed by atoms with van der Waals surface area (Å²) in [4.78, 5) is 20.9. The first-order valence-electron chi connectivity index (χ1n) is 8.78. The molecule has 1 aliphatic heterocycles. The maximum Gasteiger partial charge on any atom is 0.266 e. The molecule has 0 spiro atoms. The van der Waals surface area contributed by atoms with Crippen molar-refractivity contribution in [1.29, 1.82) is 0 Å². The molecule has 1 amide bonds. The average Bonchev–Trinajstić information content (AvgIpc) is 2.69. The lowest BCUT2D eigenvalue weighted by molar-refractivity contribution is 0.0702. The number of hydrogen-bond donors (Lipinski definition) is 2. The molecule has 26 heavy (non-hydrogen) atoms. The van der Waals surface area contributed by atoms with Gasteiger partial charge in [-0.15, -0.1) is 0 Å². The molecule has 1 fully saturated rings. The van der Waals surface area contributed by atoms with Crippen LogP contribution in [-0.4, -0.2) is 46.9 Å². The van der Waals surface area contributed by atoms with Crippen molar-refractivity contribution in [2.45, 2.75) is 19.5 Å². The van der Waals surface area contributed by atoms with Gasteiger partial charge in [-0.05, 0) is 36.4 Å². The monoisotopic (exact) mass is 373 g/mol. The number of pyridine rings is 1. The molecule has 3 rings (SSSR count). The van der Waals surface area contributed by atoms with E-state index in [4.69, 9.17) is 17.4 Å². The maximum atomic E-state index is 11.5. The first-order valence-corrected chi connectivity index (χ1v) is 9.16. The highest BCUT2D eigenvalue weighted by Gasteiger charge is 2.27. The smallest absolute Gasteiger partial charge is 0.266 e. The topological polar surface area (TPSA) is 74.5 Å². The lowest BCUT2D eigenvalue weighted by Crippen LogP contribution is -2.47. The third kappa shape index (κ3) is 4.40. The number of likely N-dealkylation sites (N-methyl/N-ethyl adjacent to an activating group) is 1. The van der Waals surface area contributed by atoms with Gasteiger partial charge in [-0.1, -0.05) is 30.7 Å². The van der Waals surface area contributed by atoms with Crippen molar-refractivity contribution in [3.05, 3.63) is 64.4 Å². The molecular weight excluding hydrogens is 350 g/mol. The van der Waals surface area contributed by atoms with E-state index in [9.17, 15) is 4.79 Å². The van der Waals surface area contributed by atoms with Crippen molar-refractivity contribution in [3.8, 4) is 0 Å². The first kappa shape index (κ1) is 18.8. The largest absolute Gasteiger partial charge is 0.300 e. The van der Waals surface area contributed by atoms with Crippen molar-refractivity contribution in [1.82, 2.24) is 20.2 Å². The number of rotatable bonds is 5. The summed E-state index contributed by atoms with van der Waals surface area (Å²) in [6.45, 7) is 6.94. The number of carbonyl (C=O) groups is 1. The van der Waals surface area contributed by atoms with Crippen molar-refractivity contribution >= 4 is 17.5 Å². The van der Waals surface area contributed by atoms with Gasteiger partial charge in [0.05, 0.1) is 11.3 Å². The Hall–Kier alpha value is -1.99. The molecule has 6 nitrogen and oxygen atoms in total. The number of nitrogens with one attached hydrogen (secondary N) is 1. The van der Waals surface area contributed by atoms with Gasteiger partial charge < -0.3 is 4.90 Å². The molecule has 2 heterocycles. The van der Waals surface area contributed by atoms with Crippen LogP contribution in [0, 0.1) is 0 Å². The minimum atomic E-state index is -0.334. The van der Waals surface area contributed by atoms with Gasteiger partial charge in [0.25, 0.3) is 5.91 Å². The Bertz CT molecular complexity index is 735. The Kier molecular flexibility index (Phi) is 6.21. The number of piperazine rings is 1. The van der Waals surface area contributed by atoms with Gasteiger partial charge in [-0.25, -0.2) is 5.84 Å². The standard InChI is InChI=1S/C19H24ClN5O/c1-2-24-9-10-25(18(13-24)14-3-6-16(20)7-4-14)12-17-8-5-15(11-22-17)19(26)23-21/h3-8,11,18H,2,9-10,12-13,21H2,1H3,(H,23,26). The molecule has 0 bridgehead atoms. The summed E-state index contributed by atoms with van der Waals surface area (Å²) in [5.74, 6) is 4.83. The van der Waals surface area contributed by atoms with E-state index in [-0.39, 0.29) is 11.9 Å². The second kappa shape index (κ2) is 8.60. The fraction of sp³-hybridized carbons (Fsp3) is 0.368. The second-order valence-corrected chi connectivity index (χ2v) is 6.88. The molecule has 7 heteroatoms. The van der Waals surface area contributed by atoms with Crippen LogP contribution in [0.3, 0.4) is 0 Å². The number of hydrazine groups is 1. The number of hydrogen-bond acceptors (Lipinski definition) is 5. The van der Waals surface area contributed by atoms with Crippen molar-refractivity contribution in [3.63, 3.8) is 0 Å². The maximum absolute atomic E-state index is 11.5. The van der Waals surface area contributed by atoms with E-state index in [2.05, 4.69) is 39.3 Å². The molecule has 3 N–H and O–H groups in total. The van der Waals surface area contributed by atoms with Gasteiger partial charge >= 0.3 is 0 Å². The van der Waals surface area contributed by atoms with Crippen LogP contribution in [0.4, 0.5) is 0 Å². The van der Waals surface area contributed by atoms with Crippen LogP contribution in [0.5, 0.6) is 0 Å². The number of halogens is 1. The zero-order valence-corrected chi connectivity index (χ0v) is 15.6. The van der Waals surface area contributed by atoms with Crippen molar-refractivity contribution < 1.29 is 4.79 Å². The number of nitrogens with zero attached hydrogens (tertiary/aromatic N) is 3. The average molecular weight is 374 g/mol. The van der Waals surface area contributed by atoms with Crippen LogP contribution in [0.25, 0.3) is 0 Å². The summed E-state index contributed by atoms with van der Waals surface area (Å²) < 4.78 is 0. The third-order valence-electron chi connectivity index (χ3n) is 4.86. The minimum Gasteiger partial charge on any atom is -0.300 e. The lowest BCUT2D eigenvalue weighted by Gasteiger charge is -2.41. The Balaban J connectivity index is 1.77. The van der Waals surface area contributed by atoms with E-state index in [1.807, 2.05) is 18.2 Å². The Labute approximate surface area is 158 Å². The summed E-state index contributed by atoms with van der Waals surface area (Å²) in [5, 5.41) is 0.749. The first-order chi connectivity index (χ1) is 12.6. The van der Waals surface area contributed by atoms with Crippen LogP contribution in [-0.2, 0) is 6.54 Å². The van der Waals surface area contributed by atoms with E-state index < -0.39 is 0 Å². The molecule has 1 aliphatic rings. The Morgan fingerprint density at radius 1 is 1.27 bits per heavy atom. The fourth-order valence-electron chi connectivity index (χ4n) is 3.30. The van der Waals surface area contributed by atoms with Gasteiger partial charge in [0.15, 0.2) is 0 Å². The summed E-state index contributed by atoms with van der Waals surface area (Å²) in [5.41, 5.74) is 4.77. The highest BCUT2D eigenvalue weighted by Crippen LogP contribution is 2.27. The van der Waals surface area contributed by atoms with Gasteiger partial charge in [0.2, 0.25) is 0 Å². The highest BCUT2D eigenvalue weighted by atomic mass is 35.5. The quantitative estimate of drug-likeness (QED) is 0.477. The van der Waals surface area contributed by atoms with Crippen molar-refractivity contribution in [2.75, 3.05) is 26.2 Å². The summed E-state index contributed by atoms with van der Waals surface area (Å²) in [6.07, 6.45) is 1.57. The number of amides is 1. The molecule has 1 atom stereocenters. The van der Waals surface area contributed by atoms with E-state index in [1.54, 1.807) is 12.3 Å². The number of benzene rings is 1. The lowest BCUT2D eigenvalue weighted by atomic mass is 10.0. The summed E-state index contributed by atoms with van der Waals surface area (Å²) >= 11 is 6.05. The normalized spacial score (nSPS) is 18.7. The second-order valence-electron chi connectivity index (χ2n) is 6.44. The summed E-state index contributed by atoms with van der Waals surface area (Å²) in [6, 6.07) is 12.0. The van der Waals surface area contributed by atoms with Crippen LogP contribution in [0.2, 0.25) is 5.02 Å². The van der Waals surface area contributed by atoms with Gasteiger partial charge in [0.1, 0.15) is 0 Å². The zero-order chi connectivity index (χ0) is 18.5. The van der Waals surface area contributed by atoms with E-state index in [0.29, 0.717) is 5.56 Å². The summed E-state index contributed by atoms with van der Waals surface area (Å²) in [7, 11) is 0.